The minimum atomic E-state index is -0.504. The molecule has 0 spiro atoms. The Labute approximate surface area is 168 Å². The first kappa shape index (κ1) is 21.6. The van der Waals surface area contributed by atoms with Gasteiger partial charge in [0.25, 0.3) is 5.91 Å². The first-order chi connectivity index (χ1) is 12.4. The fraction of sp³-hybridized carbons (Fsp3) is 0.647. The van der Waals surface area contributed by atoms with Crippen LogP contribution < -0.4 is 5.73 Å². The minimum Gasteiger partial charge on any atom is -0.341 e. The lowest BCUT2D eigenvalue weighted by Gasteiger charge is -2.37. The number of carbonyl (C=O) groups is 2. The van der Waals surface area contributed by atoms with E-state index in [1.165, 1.54) is 12.1 Å². The normalized spacial score (nSPS) is 23.6. The summed E-state index contributed by atoms with van der Waals surface area (Å²) in [4.78, 5) is 39.9. The molecular weight excluding hydrogens is 392 g/mol. The van der Waals surface area contributed by atoms with Crippen LogP contribution in [0.15, 0.2) is 12.1 Å². The van der Waals surface area contributed by atoms with Crippen molar-refractivity contribution in [2.24, 2.45) is 11.7 Å². The van der Waals surface area contributed by atoms with Crippen LogP contribution in [0.3, 0.4) is 0 Å². The van der Waals surface area contributed by atoms with Crippen LogP contribution in [0, 0.1) is 16.0 Å². The van der Waals surface area contributed by atoms with Gasteiger partial charge in [-0.15, -0.1) is 12.4 Å². The highest BCUT2D eigenvalue weighted by atomic mass is 35.5. The summed E-state index contributed by atoms with van der Waals surface area (Å²) in [6, 6.07) is 2.37. The third kappa shape index (κ3) is 4.59. The third-order valence-electron chi connectivity index (χ3n) is 5.29. The van der Waals surface area contributed by atoms with Crippen molar-refractivity contribution in [1.29, 1.82) is 0 Å². The molecule has 1 aromatic heterocycles. The molecular formula is C17H25ClN4O4S. The molecule has 2 aliphatic rings. The lowest BCUT2D eigenvalue weighted by Crippen LogP contribution is -2.52. The molecule has 3 heterocycles. The smallest absolute Gasteiger partial charge is 0.324 e. The summed E-state index contributed by atoms with van der Waals surface area (Å²) in [6.45, 7) is 3.81. The fourth-order valence-corrected chi connectivity index (χ4v) is 4.58. The first-order valence-electron chi connectivity index (χ1n) is 8.98. The number of amides is 2. The highest BCUT2D eigenvalue weighted by Crippen LogP contribution is 2.29. The van der Waals surface area contributed by atoms with Crippen LogP contribution in [0.25, 0.3) is 0 Å². The van der Waals surface area contributed by atoms with Crippen LogP contribution in [-0.2, 0) is 4.79 Å². The minimum absolute atomic E-state index is 0. The molecule has 0 bridgehead atoms. The predicted molar refractivity (Wildman–Crippen MR) is 105 cm³/mol. The van der Waals surface area contributed by atoms with Gasteiger partial charge in [0.1, 0.15) is 6.04 Å². The monoisotopic (exact) mass is 416 g/mol. The van der Waals surface area contributed by atoms with Crippen molar-refractivity contribution in [3.05, 3.63) is 27.1 Å². The van der Waals surface area contributed by atoms with Gasteiger partial charge >= 0.3 is 5.00 Å². The lowest BCUT2D eigenvalue weighted by atomic mass is 9.91. The Morgan fingerprint density at radius 2 is 2.00 bits per heavy atom. The molecule has 0 aromatic carbocycles. The highest BCUT2D eigenvalue weighted by Gasteiger charge is 2.39. The van der Waals surface area contributed by atoms with E-state index in [4.69, 9.17) is 5.73 Å². The summed E-state index contributed by atoms with van der Waals surface area (Å²) in [6.07, 6.45) is 3.35. The molecule has 2 amide bonds. The molecule has 3 atom stereocenters. The van der Waals surface area contributed by atoms with Crippen LogP contribution in [0.1, 0.15) is 42.3 Å². The summed E-state index contributed by atoms with van der Waals surface area (Å²) < 4.78 is 0. The molecule has 2 aliphatic heterocycles. The van der Waals surface area contributed by atoms with Gasteiger partial charge in [0.2, 0.25) is 5.91 Å². The van der Waals surface area contributed by atoms with Crippen molar-refractivity contribution < 1.29 is 14.5 Å². The fourth-order valence-electron chi connectivity index (χ4n) is 3.80. The number of hydrogen-bond donors (Lipinski definition) is 1. The predicted octanol–water partition coefficient (Wildman–Crippen LogP) is 2.27. The molecule has 1 aromatic rings. The maximum Gasteiger partial charge on any atom is 0.324 e. The molecule has 10 heteroatoms. The molecule has 0 saturated carbocycles. The number of thiophene rings is 1. The van der Waals surface area contributed by atoms with Crippen molar-refractivity contribution in [2.45, 2.75) is 44.7 Å². The van der Waals surface area contributed by atoms with E-state index in [1.54, 1.807) is 4.90 Å². The number of nitro groups is 1. The largest absolute Gasteiger partial charge is 0.341 e. The van der Waals surface area contributed by atoms with Gasteiger partial charge in [-0.3, -0.25) is 19.7 Å². The number of nitrogens with two attached hydrogens (primary N) is 1. The van der Waals surface area contributed by atoms with Gasteiger partial charge in [-0.05, 0) is 44.6 Å². The molecule has 3 unspecified atom stereocenters. The Balaban J connectivity index is 0.00000261. The van der Waals surface area contributed by atoms with E-state index in [1.807, 2.05) is 11.8 Å². The van der Waals surface area contributed by atoms with Crippen molar-refractivity contribution in [3.63, 3.8) is 0 Å². The Hall–Kier alpha value is -1.71. The van der Waals surface area contributed by atoms with Crippen LogP contribution in [0.2, 0.25) is 0 Å². The number of hydrogen-bond acceptors (Lipinski definition) is 6. The van der Waals surface area contributed by atoms with Gasteiger partial charge in [-0.1, -0.05) is 11.3 Å². The number of rotatable bonds is 4. The summed E-state index contributed by atoms with van der Waals surface area (Å²) in [5, 5.41) is 10.8. The molecule has 2 fully saturated rings. The highest BCUT2D eigenvalue weighted by molar-refractivity contribution is 7.17. The van der Waals surface area contributed by atoms with Crippen molar-refractivity contribution >= 4 is 40.6 Å². The molecule has 8 nitrogen and oxygen atoms in total. The van der Waals surface area contributed by atoms with E-state index in [2.05, 4.69) is 0 Å². The summed E-state index contributed by atoms with van der Waals surface area (Å²) in [7, 11) is 0. The number of piperidine rings is 1. The quantitative estimate of drug-likeness (QED) is 0.598. The molecule has 27 heavy (non-hydrogen) atoms. The van der Waals surface area contributed by atoms with Gasteiger partial charge in [0, 0.05) is 31.7 Å². The van der Waals surface area contributed by atoms with Gasteiger partial charge in [-0.25, -0.2) is 0 Å². The zero-order valence-corrected chi connectivity index (χ0v) is 16.8. The first-order valence-corrected chi connectivity index (χ1v) is 9.79. The van der Waals surface area contributed by atoms with E-state index in [0.717, 1.165) is 30.6 Å². The van der Waals surface area contributed by atoms with Crippen LogP contribution >= 0.6 is 23.7 Å². The number of likely N-dealkylation sites (tertiary alicyclic amines) is 2. The SMILES string of the molecule is CC(N)C1CCCN(C(=O)C2CCCN2C(=O)c2ccc([N+](=O)[O-])s2)C1.Cl. The molecule has 2 N–H and O–H groups in total. The van der Waals surface area contributed by atoms with Crippen LogP contribution in [0.5, 0.6) is 0 Å². The average Bonchev–Trinajstić information content (AvgIpc) is 3.30. The number of nitrogens with zero attached hydrogens (tertiary/aromatic N) is 3. The summed E-state index contributed by atoms with van der Waals surface area (Å²) in [5.41, 5.74) is 6.01. The topological polar surface area (TPSA) is 110 Å². The van der Waals surface area contributed by atoms with Gasteiger partial charge in [0.05, 0.1) is 9.80 Å². The number of carbonyl (C=O) groups excluding carboxylic acids is 2. The molecule has 2 saturated heterocycles. The Kier molecular flexibility index (Phi) is 7.19. The van der Waals surface area contributed by atoms with Crippen molar-refractivity contribution in [2.75, 3.05) is 19.6 Å². The molecule has 0 radical (unpaired) electrons. The van der Waals surface area contributed by atoms with Crippen LogP contribution in [-0.4, -0.2) is 58.3 Å². The zero-order valence-electron chi connectivity index (χ0n) is 15.2. The summed E-state index contributed by atoms with van der Waals surface area (Å²) >= 11 is 0.858. The average molecular weight is 417 g/mol. The Morgan fingerprint density at radius 3 is 2.63 bits per heavy atom. The molecule has 0 aliphatic carbocycles. The van der Waals surface area contributed by atoms with Crippen molar-refractivity contribution in [3.8, 4) is 0 Å². The maximum atomic E-state index is 13.0. The van der Waals surface area contributed by atoms with Gasteiger partial charge < -0.3 is 15.5 Å². The van der Waals surface area contributed by atoms with Crippen LogP contribution in [0.4, 0.5) is 5.00 Å². The Bertz CT molecular complexity index is 711. The zero-order chi connectivity index (χ0) is 18.8. The maximum absolute atomic E-state index is 13.0. The van der Waals surface area contributed by atoms with E-state index >= 15 is 0 Å². The third-order valence-corrected chi connectivity index (χ3v) is 6.32. The van der Waals surface area contributed by atoms with E-state index in [0.29, 0.717) is 36.9 Å². The van der Waals surface area contributed by atoms with E-state index < -0.39 is 11.0 Å². The second-order valence-corrected chi connectivity index (χ2v) is 8.16. The molecule has 150 valence electrons. The van der Waals surface area contributed by atoms with Gasteiger partial charge in [0.15, 0.2) is 0 Å². The standard InChI is InChI=1S/C17H24N4O4S.ClH/c1-11(18)12-4-2-8-19(10-12)16(22)13-5-3-9-20(13)17(23)14-6-7-15(26-14)21(24)25;/h6-7,11-13H,2-5,8-10,18H2,1H3;1H. The number of halogens is 1. The van der Waals surface area contributed by atoms with Gasteiger partial charge in [-0.2, -0.15) is 0 Å². The summed E-state index contributed by atoms with van der Waals surface area (Å²) in [5.74, 6) is -0.0230. The van der Waals surface area contributed by atoms with E-state index in [9.17, 15) is 19.7 Å². The van der Waals surface area contributed by atoms with Crippen molar-refractivity contribution in [1.82, 2.24) is 9.80 Å². The second kappa shape index (κ2) is 8.99. The second-order valence-electron chi connectivity index (χ2n) is 7.10. The van der Waals surface area contributed by atoms with E-state index in [-0.39, 0.29) is 35.3 Å². The molecule has 3 rings (SSSR count). The Morgan fingerprint density at radius 1 is 1.30 bits per heavy atom. The lowest BCUT2D eigenvalue weighted by molar-refractivity contribution is -0.380.